The standard InChI is InChI=1S/C11H18ClNS/c1-10(2)13(8-6-12)7-5-11-4-3-9-14-11/h3-4,9-10H,5-8H2,1-2H3. The van der Waals surface area contributed by atoms with Crippen molar-refractivity contribution in [2.45, 2.75) is 26.3 Å². The van der Waals surface area contributed by atoms with Crippen molar-refractivity contribution in [3.63, 3.8) is 0 Å². The van der Waals surface area contributed by atoms with Crippen LogP contribution >= 0.6 is 22.9 Å². The first kappa shape index (κ1) is 12.0. The number of nitrogens with zero attached hydrogens (tertiary/aromatic N) is 1. The van der Waals surface area contributed by atoms with Crippen LogP contribution in [0.1, 0.15) is 18.7 Å². The Labute approximate surface area is 95.7 Å². The van der Waals surface area contributed by atoms with E-state index in [1.807, 2.05) is 11.3 Å². The van der Waals surface area contributed by atoms with Crippen LogP contribution in [-0.4, -0.2) is 29.9 Å². The van der Waals surface area contributed by atoms with Crippen molar-refractivity contribution in [3.05, 3.63) is 22.4 Å². The molecule has 0 bridgehead atoms. The highest BCUT2D eigenvalue weighted by molar-refractivity contribution is 7.09. The predicted octanol–water partition coefficient (Wildman–Crippen LogP) is 3.24. The Morgan fingerprint density at radius 3 is 2.71 bits per heavy atom. The smallest absolute Gasteiger partial charge is 0.0351 e. The fourth-order valence-corrected chi connectivity index (χ4v) is 2.36. The van der Waals surface area contributed by atoms with Crippen molar-refractivity contribution in [2.75, 3.05) is 19.0 Å². The zero-order valence-corrected chi connectivity index (χ0v) is 10.4. The maximum atomic E-state index is 5.76. The maximum Gasteiger partial charge on any atom is 0.0351 e. The molecule has 1 nitrogen and oxygen atoms in total. The molecular formula is C11H18ClNS. The fourth-order valence-electron chi connectivity index (χ4n) is 1.45. The van der Waals surface area contributed by atoms with E-state index in [4.69, 9.17) is 11.6 Å². The Kier molecular flexibility index (Phi) is 5.53. The van der Waals surface area contributed by atoms with Gasteiger partial charge in [-0.1, -0.05) is 6.07 Å². The summed E-state index contributed by atoms with van der Waals surface area (Å²) in [7, 11) is 0. The molecule has 0 spiro atoms. The summed E-state index contributed by atoms with van der Waals surface area (Å²) in [5, 5.41) is 2.14. The van der Waals surface area contributed by atoms with Gasteiger partial charge in [-0.3, -0.25) is 4.90 Å². The first-order chi connectivity index (χ1) is 6.74. The van der Waals surface area contributed by atoms with Gasteiger partial charge in [-0.05, 0) is 31.7 Å². The van der Waals surface area contributed by atoms with Gasteiger partial charge in [0.2, 0.25) is 0 Å². The zero-order valence-electron chi connectivity index (χ0n) is 8.87. The van der Waals surface area contributed by atoms with Gasteiger partial charge < -0.3 is 0 Å². The molecule has 3 heteroatoms. The number of alkyl halides is 1. The average molecular weight is 232 g/mol. The number of thiophene rings is 1. The van der Waals surface area contributed by atoms with Crippen molar-refractivity contribution in [1.29, 1.82) is 0 Å². The van der Waals surface area contributed by atoms with Crippen LogP contribution in [0.5, 0.6) is 0 Å². The van der Waals surface area contributed by atoms with Gasteiger partial charge in [-0.15, -0.1) is 22.9 Å². The minimum absolute atomic E-state index is 0.591. The molecular weight excluding hydrogens is 214 g/mol. The quantitative estimate of drug-likeness (QED) is 0.680. The summed E-state index contributed by atoms with van der Waals surface area (Å²) in [6, 6.07) is 4.90. The number of halogens is 1. The molecule has 1 aromatic rings. The van der Waals surface area contributed by atoms with E-state index in [-0.39, 0.29) is 0 Å². The molecule has 0 saturated carbocycles. The topological polar surface area (TPSA) is 3.24 Å². The molecule has 0 aromatic carbocycles. The Morgan fingerprint density at radius 1 is 1.43 bits per heavy atom. The second kappa shape index (κ2) is 6.44. The van der Waals surface area contributed by atoms with Crippen LogP contribution in [0.3, 0.4) is 0 Å². The summed E-state index contributed by atoms with van der Waals surface area (Å²) in [5.74, 6) is 0.725. The van der Waals surface area contributed by atoms with Crippen molar-refractivity contribution in [1.82, 2.24) is 4.90 Å². The number of rotatable bonds is 6. The molecule has 0 aliphatic heterocycles. The zero-order chi connectivity index (χ0) is 10.4. The van der Waals surface area contributed by atoms with Crippen LogP contribution in [0.4, 0.5) is 0 Å². The average Bonchev–Trinajstić information content (AvgIpc) is 2.64. The Hall–Kier alpha value is -0.0500. The third-order valence-corrected chi connectivity index (χ3v) is 3.43. The Bertz CT molecular complexity index is 233. The van der Waals surface area contributed by atoms with Crippen LogP contribution < -0.4 is 0 Å². The first-order valence-electron chi connectivity index (χ1n) is 5.06. The van der Waals surface area contributed by atoms with Gasteiger partial charge in [0.15, 0.2) is 0 Å². The molecule has 0 radical (unpaired) electrons. The minimum atomic E-state index is 0.591. The van der Waals surface area contributed by atoms with Crippen LogP contribution in [0, 0.1) is 0 Å². The molecule has 0 aliphatic carbocycles. The normalized spacial score (nSPS) is 11.5. The summed E-state index contributed by atoms with van der Waals surface area (Å²) < 4.78 is 0. The summed E-state index contributed by atoms with van der Waals surface area (Å²) in [4.78, 5) is 3.89. The van der Waals surface area contributed by atoms with Gasteiger partial charge in [-0.25, -0.2) is 0 Å². The first-order valence-corrected chi connectivity index (χ1v) is 6.48. The van der Waals surface area contributed by atoms with E-state index in [0.29, 0.717) is 6.04 Å². The minimum Gasteiger partial charge on any atom is -0.299 e. The molecule has 80 valence electrons. The highest BCUT2D eigenvalue weighted by Gasteiger charge is 2.08. The van der Waals surface area contributed by atoms with Gasteiger partial charge in [0.05, 0.1) is 0 Å². The van der Waals surface area contributed by atoms with E-state index >= 15 is 0 Å². The van der Waals surface area contributed by atoms with E-state index in [1.165, 1.54) is 4.88 Å². The third-order valence-electron chi connectivity index (χ3n) is 2.33. The van der Waals surface area contributed by atoms with E-state index in [9.17, 15) is 0 Å². The molecule has 0 unspecified atom stereocenters. The molecule has 1 aromatic heterocycles. The molecule has 1 heterocycles. The predicted molar refractivity (Wildman–Crippen MR) is 65.5 cm³/mol. The van der Waals surface area contributed by atoms with Gasteiger partial charge >= 0.3 is 0 Å². The van der Waals surface area contributed by atoms with Crippen molar-refractivity contribution < 1.29 is 0 Å². The van der Waals surface area contributed by atoms with Gasteiger partial charge in [0.25, 0.3) is 0 Å². The monoisotopic (exact) mass is 231 g/mol. The summed E-state index contributed by atoms with van der Waals surface area (Å²) in [6.07, 6.45) is 1.15. The number of hydrogen-bond donors (Lipinski definition) is 0. The highest BCUT2D eigenvalue weighted by atomic mass is 35.5. The van der Waals surface area contributed by atoms with Crippen LogP contribution in [-0.2, 0) is 6.42 Å². The third kappa shape index (κ3) is 3.99. The van der Waals surface area contributed by atoms with Gasteiger partial charge in [0, 0.05) is 29.9 Å². The van der Waals surface area contributed by atoms with Crippen molar-refractivity contribution >= 4 is 22.9 Å². The molecule has 0 amide bonds. The highest BCUT2D eigenvalue weighted by Crippen LogP contribution is 2.10. The molecule has 14 heavy (non-hydrogen) atoms. The van der Waals surface area contributed by atoms with Crippen molar-refractivity contribution in [3.8, 4) is 0 Å². The van der Waals surface area contributed by atoms with Gasteiger partial charge in [-0.2, -0.15) is 0 Å². The second-order valence-electron chi connectivity index (χ2n) is 3.65. The number of hydrogen-bond acceptors (Lipinski definition) is 2. The van der Waals surface area contributed by atoms with E-state index in [1.54, 1.807) is 0 Å². The lowest BCUT2D eigenvalue weighted by molar-refractivity contribution is 0.238. The SMILES string of the molecule is CC(C)N(CCCl)CCc1cccs1. The summed E-state index contributed by atoms with van der Waals surface area (Å²) in [6.45, 7) is 6.55. The largest absolute Gasteiger partial charge is 0.299 e. The lowest BCUT2D eigenvalue weighted by Crippen LogP contribution is -2.34. The van der Waals surface area contributed by atoms with Gasteiger partial charge in [0.1, 0.15) is 0 Å². The molecule has 0 fully saturated rings. The van der Waals surface area contributed by atoms with Crippen molar-refractivity contribution in [2.24, 2.45) is 0 Å². The molecule has 0 aliphatic rings. The van der Waals surface area contributed by atoms with E-state index in [0.717, 1.165) is 25.4 Å². The van der Waals surface area contributed by atoms with E-state index < -0.39 is 0 Å². The van der Waals surface area contributed by atoms with Crippen LogP contribution in [0.25, 0.3) is 0 Å². The Balaban J connectivity index is 2.33. The second-order valence-corrected chi connectivity index (χ2v) is 5.06. The van der Waals surface area contributed by atoms with Crippen LogP contribution in [0.15, 0.2) is 17.5 Å². The molecule has 0 atom stereocenters. The maximum absolute atomic E-state index is 5.76. The van der Waals surface area contributed by atoms with E-state index in [2.05, 4.69) is 36.3 Å². The fraction of sp³-hybridized carbons (Fsp3) is 0.636. The Morgan fingerprint density at radius 2 is 2.21 bits per heavy atom. The molecule has 0 N–H and O–H groups in total. The lowest BCUT2D eigenvalue weighted by Gasteiger charge is -2.25. The summed E-state index contributed by atoms with van der Waals surface area (Å²) in [5.41, 5.74) is 0. The van der Waals surface area contributed by atoms with Crippen LogP contribution in [0.2, 0.25) is 0 Å². The molecule has 1 rings (SSSR count). The summed E-state index contributed by atoms with van der Waals surface area (Å²) >= 11 is 7.60. The lowest BCUT2D eigenvalue weighted by atomic mass is 10.2. The molecule has 0 saturated heterocycles.